The molecular weight excluding hydrogens is 348 g/mol. The van der Waals surface area contributed by atoms with Crippen molar-refractivity contribution >= 4 is 15.8 Å². The van der Waals surface area contributed by atoms with Crippen LogP contribution in [-0.4, -0.2) is 37.5 Å². The van der Waals surface area contributed by atoms with E-state index in [1.54, 1.807) is 13.8 Å². The summed E-state index contributed by atoms with van der Waals surface area (Å²) in [5.74, 6) is -0.608. The first-order valence-corrected chi connectivity index (χ1v) is 9.22. The summed E-state index contributed by atoms with van der Waals surface area (Å²) in [6, 6.07) is 6.35. The van der Waals surface area contributed by atoms with E-state index in [4.69, 9.17) is 4.74 Å². The average molecular weight is 366 g/mol. The average Bonchev–Trinajstić information content (AvgIpc) is 2.55. The van der Waals surface area contributed by atoms with Gasteiger partial charge in [0.1, 0.15) is 10.6 Å². The van der Waals surface area contributed by atoms with Crippen molar-refractivity contribution in [2.75, 3.05) is 13.4 Å². The summed E-state index contributed by atoms with van der Waals surface area (Å²) in [6.45, 7) is 3.57. The van der Waals surface area contributed by atoms with Gasteiger partial charge in [0.2, 0.25) is 5.88 Å². The Labute approximate surface area is 144 Å². The number of rotatable bonds is 5. The van der Waals surface area contributed by atoms with Crippen LogP contribution in [0.4, 0.5) is 0 Å². The molecule has 0 aliphatic rings. The Morgan fingerprint density at radius 3 is 2.44 bits per heavy atom. The van der Waals surface area contributed by atoms with Crippen LogP contribution in [0.5, 0.6) is 11.6 Å². The molecule has 0 N–H and O–H groups in total. The molecule has 1 heterocycles. The number of carbonyl (C=O) groups is 1. The van der Waals surface area contributed by atoms with Gasteiger partial charge in [-0.05, 0) is 32.0 Å². The Morgan fingerprint density at radius 1 is 1.20 bits per heavy atom. The maximum Gasteiger partial charge on any atom is 0.337 e. The Morgan fingerprint density at radius 2 is 1.88 bits per heavy atom. The van der Waals surface area contributed by atoms with E-state index in [0.717, 1.165) is 6.26 Å². The fourth-order valence-electron chi connectivity index (χ4n) is 2.07. The Kier molecular flexibility index (Phi) is 5.27. The van der Waals surface area contributed by atoms with Crippen LogP contribution in [0.2, 0.25) is 0 Å². The number of sulfone groups is 1. The molecule has 2 rings (SSSR count). The largest absolute Gasteiger partial charge is 0.465 e. The first-order valence-electron chi connectivity index (χ1n) is 7.33. The number of methoxy groups -OCH3 is 1. The number of esters is 1. The van der Waals surface area contributed by atoms with E-state index in [1.165, 1.54) is 42.1 Å². The predicted octanol–water partition coefficient (Wildman–Crippen LogP) is 1.81. The standard InChI is InChI=1S/C16H18N2O6S/c1-10(2)18-15(19)8-7-14(17-18)24-12-6-5-11(16(20)23-3)9-13(12)25(4,21)22/h5-10H,1-4H3. The van der Waals surface area contributed by atoms with Crippen molar-refractivity contribution in [1.82, 2.24) is 9.78 Å². The second kappa shape index (κ2) is 7.06. The highest BCUT2D eigenvalue weighted by atomic mass is 32.2. The summed E-state index contributed by atoms with van der Waals surface area (Å²) in [5, 5.41) is 4.06. The van der Waals surface area contributed by atoms with Crippen LogP contribution in [0, 0.1) is 0 Å². The van der Waals surface area contributed by atoms with Crippen molar-refractivity contribution in [2.24, 2.45) is 0 Å². The van der Waals surface area contributed by atoms with E-state index < -0.39 is 15.8 Å². The molecule has 8 nitrogen and oxygen atoms in total. The molecule has 2 aromatic rings. The molecule has 0 unspecified atom stereocenters. The number of ether oxygens (including phenoxy) is 2. The van der Waals surface area contributed by atoms with Crippen molar-refractivity contribution in [3.8, 4) is 11.6 Å². The molecule has 1 aromatic heterocycles. The molecular formula is C16H18N2O6S. The lowest BCUT2D eigenvalue weighted by Gasteiger charge is -2.13. The minimum Gasteiger partial charge on any atom is -0.465 e. The summed E-state index contributed by atoms with van der Waals surface area (Å²) >= 11 is 0. The molecule has 0 aliphatic heterocycles. The van der Waals surface area contributed by atoms with Gasteiger partial charge in [-0.1, -0.05) is 0 Å². The molecule has 0 amide bonds. The predicted molar refractivity (Wildman–Crippen MR) is 89.8 cm³/mol. The van der Waals surface area contributed by atoms with Crippen LogP contribution in [0.15, 0.2) is 40.0 Å². The summed E-state index contributed by atoms with van der Waals surface area (Å²) in [6.07, 6.45) is 0.999. The Bertz CT molecular complexity index is 963. The van der Waals surface area contributed by atoms with Crippen molar-refractivity contribution in [2.45, 2.75) is 24.8 Å². The van der Waals surface area contributed by atoms with Gasteiger partial charge in [0.15, 0.2) is 9.84 Å². The van der Waals surface area contributed by atoms with Crippen LogP contribution in [0.25, 0.3) is 0 Å². The third-order valence-corrected chi connectivity index (χ3v) is 4.39. The van der Waals surface area contributed by atoms with E-state index in [9.17, 15) is 18.0 Å². The fourth-order valence-corrected chi connectivity index (χ4v) is 2.89. The minimum absolute atomic E-state index is 0.00314. The summed E-state index contributed by atoms with van der Waals surface area (Å²) in [5.41, 5.74) is -0.220. The van der Waals surface area contributed by atoms with Crippen LogP contribution in [0.1, 0.15) is 30.2 Å². The molecule has 0 atom stereocenters. The van der Waals surface area contributed by atoms with Gasteiger partial charge in [-0.25, -0.2) is 17.9 Å². The Balaban J connectivity index is 2.51. The number of carbonyl (C=O) groups excluding carboxylic acids is 1. The van der Waals surface area contributed by atoms with Crippen molar-refractivity contribution in [3.63, 3.8) is 0 Å². The smallest absolute Gasteiger partial charge is 0.337 e. The molecule has 9 heteroatoms. The van der Waals surface area contributed by atoms with Crippen LogP contribution in [-0.2, 0) is 14.6 Å². The lowest BCUT2D eigenvalue weighted by atomic mass is 10.2. The maximum absolute atomic E-state index is 12.0. The topological polar surface area (TPSA) is 105 Å². The second-order valence-corrected chi connectivity index (χ2v) is 7.56. The van der Waals surface area contributed by atoms with E-state index in [-0.39, 0.29) is 33.7 Å². The minimum atomic E-state index is -3.68. The summed E-state index contributed by atoms with van der Waals surface area (Å²) < 4.78 is 35.4. The molecule has 1 aromatic carbocycles. The van der Waals surface area contributed by atoms with E-state index in [1.807, 2.05) is 0 Å². The zero-order chi connectivity index (χ0) is 18.8. The highest BCUT2D eigenvalue weighted by molar-refractivity contribution is 7.90. The zero-order valence-corrected chi connectivity index (χ0v) is 15.0. The molecule has 0 saturated heterocycles. The van der Waals surface area contributed by atoms with Gasteiger partial charge in [-0.2, -0.15) is 0 Å². The molecule has 0 fully saturated rings. The second-order valence-electron chi connectivity index (χ2n) is 5.58. The van der Waals surface area contributed by atoms with E-state index in [0.29, 0.717) is 0 Å². The number of nitrogens with zero attached hydrogens (tertiary/aromatic N) is 2. The van der Waals surface area contributed by atoms with Gasteiger partial charge in [-0.15, -0.1) is 5.10 Å². The monoisotopic (exact) mass is 366 g/mol. The molecule has 0 saturated carbocycles. The molecule has 0 radical (unpaired) electrons. The van der Waals surface area contributed by atoms with Crippen molar-refractivity contribution in [1.29, 1.82) is 0 Å². The number of benzene rings is 1. The third-order valence-electron chi connectivity index (χ3n) is 3.27. The first-order chi connectivity index (χ1) is 11.6. The van der Waals surface area contributed by atoms with Crippen LogP contribution >= 0.6 is 0 Å². The van der Waals surface area contributed by atoms with E-state index >= 15 is 0 Å². The Hall–Kier alpha value is -2.68. The molecule has 134 valence electrons. The zero-order valence-electron chi connectivity index (χ0n) is 14.2. The molecule has 0 aliphatic carbocycles. The van der Waals surface area contributed by atoms with Gasteiger partial charge in [-0.3, -0.25) is 4.79 Å². The number of hydrogen-bond donors (Lipinski definition) is 0. The fraction of sp³-hybridized carbons (Fsp3) is 0.312. The van der Waals surface area contributed by atoms with Gasteiger partial charge < -0.3 is 9.47 Å². The SMILES string of the molecule is COC(=O)c1ccc(Oc2ccc(=O)n(C(C)C)n2)c(S(C)(=O)=O)c1. The van der Waals surface area contributed by atoms with Crippen LogP contribution in [0.3, 0.4) is 0 Å². The highest BCUT2D eigenvalue weighted by Crippen LogP contribution is 2.29. The van der Waals surface area contributed by atoms with Crippen molar-refractivity contribution < 1.29 is 22.7 Å². The van der Waals surface area contributed by atoms with Crippen molar-refractivity contribution in [3.05, 3.63) is 46.2 Å². The lowest BCUT2D eigenvalue weighted by Crippen LogP contribution is -2.23. The first kappa shape index (κ1) is 18.7. The van der Waals surface area contributed by atoms with Gasteiger partial charge in [0.05, 0.1) is 18.7 Å². The normalized spacial score (nSPS) is 11.4. The summed E-state index contributed by atoms with van der Waals surface area (Å²) in [4.78, 5) is 23.2. The van der Waals surface area contributed by atoms with Gasteiger partial charge in [0.25, 0.3) is 5.56 Å². The lowest BCUT2D eigenvalue weighted by molar-refractivity contribution is 0.0600. The van der Waals surface area contributed by atoms with Gasteiger partial charge >= 0.3 is 5.97 Å². The van der Waals surface area contributed by atoms with Crippen LogP contribution < -0.4 is 10.3 Å². The molecule has 0 bridgehead atoms. The highest BCUT2D eigenvalue weighted by Gasteiger charge is 2.19. The molecule has 0 spiro atoms. The number of aromatic nitrogens is 2. The number of hydrogen-bond acceptors (Lipinski definition) is 7. The van der Waals surface area contributed by atoms with E-state index in [2.05, 4.69) is 9.84 Å². The molecule has 25 heavy (non-hydrogen) atoms. The summed E-state index contributed by atoms with van der Waals surface area (Å²) in [7, 11) is -2.48. The third kappa shape index (κ3) is 4.24. The quantitative estimate of drug-likeness (QED) is 0.743. The maximum atomic E-state index is 12.0. The van der Waals surface area contributed by atoms with Gasteiger partial charge in [0, 0.05) is 18.4 Å².